The number of fused-ring (bicyclic) bond motifs is 1. The normalized spacial score (nSPS) is 11.5. The van der Waals surface area contributed by atoms with E-state index in [1.54, 1.807) is 12.1 Å². The number of halogens is 3. The third kappa shape index (κ3) is 4.11. The van der Waals surface area contributed by atoms with E-state index in [4.69, 9.17) is 4.42 Å². The molecule has 0 unspecified atom stereocenters. The summed E-state index contributed by atoms with van der Waals surface area (Å²) in [6.07, 6.45) is 0.688. The van der Waals surface area contributed by atoms with Crippen LogP contribution < -0.4 is 4.90 Å². The molecule has 0 aliphatic rings. The monoisotopic (exact) mass is 443 g/mol. The summed E-state index contributed by atoms with van der Waals surface area (Å²) in [4.78, 5) is 20.5. The molecule has 2 heterocycles. The van der Waals surface area contributed by atoms with Gasteiger partial charge < -0.3 is 9.32 Å². The Kier molecular flexibility index (Phi) is 5.69. The maximum atomic E-state index is 14.0. The van der Waals surface area contributed by atoms with E-state index in [9.17, 15) is 13.6 Å². The van der Waals surface area contributed by atoms with E-state index < -0.39 is 11.6 Å². The highest BCUT2D eigenvalue weighted by Crippen LogP contribution is 2.32. The number of anilines is 1. The third-order valence-corrected chi connectivity index (χ3v) is 5.10. The van der Waals surface area contributed by atoms with E-state index in [-0.39, 0.29) is 17.2 Å². The van der Waals surface area contributed by atoms with E-state index in [0.717, 1.165) is 23.9 Å². The quantitative estimate of drug-likeness (QED) is 0.561. The molecule has 0 atom stereocenters. The van der Waals surface area contributed by atoms with Crippen LogP contribution in [-0.2, 0) is 0 Å². The zero-order valence-electron chi connectivity index (χ0n) is 14.1. The summed E-state index contributed by atoms with van der Waals surface area (Å²) in [5.74, 6) is -1.66. The molecule has 0 spiro atoms. The van der Waals surface area contributed by atoms with Crippen LogP contribution in [0.5, 0.6) is 0 Å². The molecule has 9 heteroatoms. The largest absolute Gasteiger partial charge is 0.444 e. The molecule has 138 valence electrons. The van der Waals surface area contributed by atoms with Crippen LogP contribution in [0.4, 0.5) is 13.9 Å². The SMILES string of the molecule is CN(C)CCCN(C(=O)c1ccc(Br)o1)c1nc2c(F)cc(F)cc2s1. The van der Waals surface area contributed by atoms with Gasteiger partial charge in [0.25, 0.3) is 5.91 Å². The molecule has 0 fully saturated rings. The Morgan fingerprint density at radius 2 is 2.04 bits per heavy atom. The number of benzene rings is 1. The molecule has 0 aliphatic carbocycles. The van der Waals surface area contributed by atoms with E-state index in [1.807, 2.05) is 19.0 Å². The molecule has 0 radical (unpaired) electrons. The minimum Gasteiger partial charge on any atom is -0.444 e. The Labute approximate surface area is 161 Å². The Morgan fingerprint density at radius 3 is 2.69 bits per heavy atom. The van der Waals surface area contributed by atoms with Gasteiger partial charge in [-0.25, -0.2) is 13.8 Å². The summed E-state index contributed by atoms with van der Waals surface area (Å²) in [5.41, 5.74) is 0.0532. The Balaban J connectivity index is 1.96. The van der Waals surface area contributed by atoms with Crippen molar-refractivity contribution in [2.24, 2.45) is 0 Å². The van der Waals surface area contributed by atoms with Crippen molar-refractivity contribution in [2.45, 2.75) is 6.42 Å². The smallest absolute Gasteiger partial charge is 0.295 e. The number of thiazole rings is 1. The second kappa shape index (κ2) is 7.81. The number of rotatable bonds is 6. The third-order valence-electron chi connectivity index (χ3n) is 3.65. The number of nitrogens with zero attached hydrogens (tertiary/aromatic N) is 3. The molecule has 3 aromatic rings. The lowest BCUT2D eigenvalue weighted by atomic mass is 10.3. The van der Waals surface area contributed by atoms with Gasteiger partial charge in [0.15, 0.2) is 21.4 Å². The van der Waals surface area contributed by atoms with Crippen molar-refractivity contribution in [2.75, 3.05) is 32.1 Å². The maximum absolute atomic E-state index is 14.0. The van der Waals surface area contributed by atoms with Crippen LogP contribution in [0.2, 0.25) is 0 Å². The van der Waals surface area contributed by atoms with Crippen LogP contribution >= 0.6 is 27.3 Å². The maximum Gasteiger partial charge on any atom is 0.295 e. The van der Waals surface area contributed by atoms with Crippen LogP contribution in [0.1, 0.15) is 17.0 Å². The average Bonchev–Trinajstić information content (AvgIpc) is 3.17. The molecule has 1 aromatic carbocycles. The Hall–Kier alpha value is -1.84. The fraction of sp³-hybridized carbons (Fsp3) is 0.294. The summed E-state index contributed by atoms with van der Waals surface area (Å²) in [5, 5.41) is 0.306. The summed E-state index contributed by atoms with van der Waals surface area (Å²) in [7, 11) is 3.87. The Bertz CT molecular complexity index is 941. The second-order valence-corrected chi connectivity index (χ2v) is 7.74. The summed E-state index contributed by atoms with van der Waals surface area (Å²) < 4.78 is 33.6. The predicted octanol–water partition coefficient (Wildman–Crippen LogP) is 4.53. The number of furan rings is 1. The molecule has 5 nitrogen and oxygen atoms in total. The number of carbonyl (C=O) groups is 1. The van der Waals surface area contributed by atoms with Gasteiger partial charge in [0.1, 0.15) is 11.3 Å². The topological polar surface area (TPSA) is 49.6 Å². The molecule has 0 N–H and O–H groups in total. The highest BCUT2D eigenvalue weighted by molar-refractivity contribution is 9.10. The van der Waals surface area contributed by atoms with E-state index >= 15 is 0 Å². The highest BCUT2D eigenvalue weighted by atomic mass is 79.9. The van der Waals surface area contributed by atoms with E-state index in [0.29, 0.717) is 27.5 Å². The first-order chi connectivity index (χ1) is 12.3. The molecule has 0 bridgehead atoms. The summed E-state index contributed by atoms with van der Waals surface area (Å²) in [6.45, 7) is 1.14. The van der Waals surface area contributed by atoms with Crippen molar-refractivity contribution in [3.05, 3.63) is 46.3 Å². The lowest BCUT2D eigenvalue weighted by Gasteiger charge is -2.19. The van der Waals surface area contributed by atoms with Crippen LogP contribution in [0.15, 0.2) is 33.4 Å². The van der Waals surface area contributed by atoms with Gasteiger partial charge in [0.05, 0.1) is 4.70 Å². The number of carbonyl (C=O) groups excluding carboxylic acids is 1. The Morgan fingerprint density at radius 1 is 1.27 bits per heavy atom. The fourth-order valence-electron chi connectivity index (χ4n) is 2.45. The van der Waals surface area contributed by atoms with Crippen molar-refractivity contribution < 1.29 is 18.0 Å². The van der Waals surface area contributed by atoms with Crippen molar-refractivity contribution in [3.8, 4) is 0 Å². The van der Waals surface area contributed by atoms with Crippen molar-refractivity contribution in [1.29, 1.82) is 0 Å². The molecule has 0 saturated heterocycles. The minimum atomic E-state index is -0.746. The number of hydrogen-bond donors (Lipinski definition) is 0. The second-order valence-electron chi connectivity index (χ2n) is 5.95. The zero-order chi connectivity index (χ0) is 18.8. The van der Waals surface area contributed by atoms with Crippen molar-refractivity contribution in [3.63, 3.8) is 0 Å². The summed E-state index contributed by atoms with van der Waals surface area (Å²) in [6, 6.07) is 5.18. The van der Waals surface area contributed by atoms with Gasteiger partial charge in [-0.2, -0.15) is 0 Å². The number of hydrogen-bond acceptors (Lipinski definition) is 5. The van der Waals surface area contributed by atoms with Gasteiger partial charge in [-0.15, -0.1) is 0 Å². The lowest BCUT2D eigenvalue weighted by Crippen LogP contribution is -2.33. The average molecular weight is 444 g/mol. The molecule has 2 aromatic heterocycles. The van der Waals surface area contributed by atoms with Gasteiger partial charge in [-0.3, -0.25) is 9.69 Å². The predicted molar refractivity (Wildman–Crippen MR) is 101 cm³/mol. The first-order valence-electron chi connectivity index (χ1n) is 7.82. The first-order valence-corrected chi connectivity index (χ1v) is 9.43. The van der Waals surface area contributed by atoms with Crippen LogP contribution in [0, 0.1) is 11.6 Å². The lowest BCUT2D eigenvalue weighted by molar-refractivity contribution is 0.0958. The van der Waals surface area contributed by atoms with Crippen LogP contribution in [-0.4, -0.2) is 43.0 Å². The molecule has 1 amide bonds. The molecule has 3 rings (SSSR count). The van der Waals surface area contributed by atoms with Gasteiger partial charge in [-0.05, 0) is 61.2 Å². The molecular formula is C17H16BrF2N3O2S. The fourth-order valence-corrected chi connectivity index (χ4v) is 3.79. The molecule has 0 saturated carbocycles. The van der Waals surface area contributed by atoms with Crippen LogP contribution in [0.3, 0.4) is 0 Å². The molecular weight excluding hydrogens is 428 g/mol. The standard InChI is InChI=1S/C17H16BrF2N3O2S/c1-22(2)6-3-7-23(16(24)12-4-5-14(18)25-12)17-21-15-11(20)8-10(19)9-13(15)26-17/h4-5,8-9H,3,6-7H2,1-2H3. The number of amides is 1. The minimum absolute atomic E-state index is 0.0532. The van der Waals surface area contributed by atoms with Crippen molar-refractivity contribution in [1.82, 2.24) is 9.88 Å². The number of aromatic nitrogens is 1. The van der Waals surface area contributed by atoms with Gasteiger partial charge in [0.2, 0.25) is 0 Å². The highest BCUT2D eigenvalue weighted by Gasteiger charge is 2.24. The summed E-state index contributed by atoms with van der Waals surface area (Å²) >= 11 is 4.24. The molecule has 0 aliphatic heterocycles. The van der Waals surface area contributed by atoms with E-state index in [1.165, 1.54) is 11.0 Å². The van der Waals surface area contributed by atoms with Gasteiger partial charge in [0, 0.05) is 12.6 Å². The zero-order valence-corrected chi connectivity index (χ0v) is 16.5. The van der Waals surface area contributed by atoms with Crippen molar-refractivity contribution >= 4 is 48.5 Å². The molecule has 26 heavy (non-hydrogen) atoms. The first kappa shape index (κ1) is 18.9. The van der Waals surface area contributed by atoms with Crippen LogP contribution in [0.25, 0.3) is 10.2 Å². The van der Waals surface area contributed by atoms with Gasteiger partial charge >= 0.3 is 0 Å². The van der Waals surface area contributed by atoms with E-state index in [2.05, 4.69) is 20.9 Å². The van der Waals surface area contributed by atoms with Gasteiger partial charge in [-0.1, -0.05) is 11.3 Å².